The summed E-state index contributed by atoms with van der Waals surface area (Å²) in [6.07, 6.45) is 1.19. The highest BCUT2D eigenvalue weighted by molar-refractivity contribution is 5.74. The second-order valence-electron chi connectivity index (χ2n) is 8.00. The second kappa shape index (κ2) is 9.72. The van der Waals surface area contributed by atoms with E-state index in [0.717, 1.165) is 25.0 Å². The van der Waals surface area contributed by atoms with E-state index in [4.69, 9.17) is 0 Å². The van der Waals surface area contributed by atoms with Gasteiger partial charge in [0.25, 0.3) is 0 Å². The van der Waals surface area contributed by atoms with Crippen molar-refractivity contribution in [3.8, 4) is 0 Å². The van der Waals surface area contributed by atoms with Crippen molar-refractivity contribution in [3.63, 3.8) is 0 Å². The summed E-state index contributed by atoms with van der Waals surface area (Å²) in [5, 5.41) is 2.71. The number of aryl methyl sites for hydroxylation is 1. The first-order valence-corrected chi connectivity index (χ1v) is 10.6. The van der Waals surface area contributed by atoms with Crippen molar-refractivity contribution in [3.05, 3.63) is 53.1 Å². The summed E-state index contributed by atoms with van der Waals surface area (Å²) in [5.74, 6) is 0. The Morgan fingerprint density at radius 3 is 2.61 bits per heavy atom. The molecule has 0 saturated carbocycles. The second-order valence-corrected chi connectivity index (χ2v) is 8.00. The van der Waals surface area contributed by atoms with Crippen molar-refractivity contribution in [2.75, 3.05) is 26.7 Å². The van der Waals surface area contributed by atoms with Crippen LogP contribution in [0.4, 0.5) is 18.0 Å². The number of likely N-dealkylation sites (tertiary alicyclic amines) is 1. The van der Waals surface area contributed by atoms with Gasteiger partial charge in [0, 0.05) is 38.9 Å². The highest BCUT2D eigenvalue weighted by Crippen LogP contribution is 2.37. The van der Waals surface area contributed by atoms with Crippen molar-refractivity contribution in [2.24, 2.45) is 0 Å². The number of urea groups is 1. The maximum atomic E-state index is 13.5. The van der Waals surface area contributed by atoms with Gasteiger partial charge in [-0.1, -0.05) is 19.1 Å². The van der Waals surface area contributed by atoms with E-state index in [1.165, 1.54) is 19.1 Å². The summed E-state index contributed by atoms with van der Waals surface area (Å²) in [4.78, 5) is 23.5. The van der Waals surface area contributed by atoms with Crippen LogP contribution in [0.2, 0.25) is 0 Å². The molecule has 3 rings (SSSR count). The Hall–Kier alpha value is -2.55. The van der Waals surface area contributed by atoms with Crippen molar-refractivity contribution in [1.82, 2.24) is 25.1 Å². The zero-order valence-corrected chi connectivity index (χ0v) is 18.2. The van der Waals surface area contributed by atoms with Gasteiger partial charge < -0.3 is 15.2 Å². The van der Waals surface area contributed by atoms with Crippen LogP contribution >= 0.6 is 0 Å². The minimum absolute atomic E-state index is 0.0845. The molecule has 1 aliphatic heterocycles. The molecule has 0 radical (unpaired) electrons. The molecule has 0 spiro atoms. The van der Waals surface area contributed by atoms with Gasteiger partial charge in [0.05, 0.1) is 23.6 Å². The number of rotatable bonds is 6. The molecule has 170 valence electrons. The number of amides is 2. The SMILES string of the molecule is CCCN(C(=O)NC)C1CCN(C(c2ccc(C)c(C(F)(F)F)c2)c2cnc[nH]2)CC1. The molecule has 9 heteroatoms. The summed E-state index contributed by atoms with van der Waals surface area (Å²) >= 11 is 0. The van der Waals surface area contributed by atoms with Crippen molar-refractivity contribution >= 4 is 6.03 Å². The molecule has 1 aliphatic rings. The molecule has 1 aromatic carbocycles. The molecule has 0 bridgehead atoms. The number of imidazole rings is 1. The largest absolute Gasteiger partial charge is 0.416 e. The normalized spacial score (nSPS) is 16.8. The lowest BCUT2D eigenvalue weighted by Crippen LogP contribution is -2.50. The third kappa shape index (κ3) is 5.20. The van der Waals surface area contributed by atoms with E-state index in [2.05, 4.69) is 20.2 Å². The molecular weight excluding hydrogens is 407 g/mol. The highest BCUT2D eigenvalue weighted by Gasteiger charge is 2.35. The number of nitrogens with one attached hydrogen (secondary N) is 2. The third-order valence-electron chi connectivity index (χ3n) is 5.94. The summed E-state index contributed by atoms with van der Waals surface area (Å²) < 4.78 is 40.6. The molecule has 1 aromatic heterocycles. The average Bonchev–Trinajstić information content (AvgIpc) is 3.27. The number of hydrogen-bond acceptors (Lipinski definition) is 3. The summed E-state index contributed by atoms with van der Waals surface area (Å²) in [6, 6.07) is 4.21. The molecule has 31 heavy (non-hydrogen) atoms. The fourth-order valence-corrected chi connectivity index (χ4v) is 4.41. The fourth-order valence-electron chi connectivity index (χ4n) is 4.41. The van der Waals surface area contributed by atoms with E-state index in [9.17, 15) is 18.0 Å². The Morgan fingerprint density at radius 1 is 1.35 bits per heavy atom. The lowest BCUT2D eigenvalue weighted by Gasteiger charge is -2.41. The number of aromatic amines is 1. The van der Waals surface area contributed by atoms with Crippen molar-refractivity contribution in [1.29, 1.82) is 0 Å². The highest BCUT2D eigenvalue weighted by atomic mass is 19.4. The molecule has 1 atom stereocenters. The van der Waals surface area contributed by atoms with E-state index in [1.54, 1.807) is 25.6 Å². The Balaban J connectivity index is 1.85. The number of benzene rings is 1. The molecule has 1 saturated heterocycles. The molecule has 1 unspecified atom stereocenters. The Labute approximate surface area is 180 Å². The van der Waals surface area contributed by atoms with Gasteiger partial charge in [-0.2, -0.15) is 13.2 Å². The molecule has 6 nitrogen and oxygen atoms in total. The monoisotopic (exact) mass is 437 g/mol. The number of H-pyrrole nitrogens is 1. The van der Waals surface area contributed by atoms with Crippen LogP contribution in [-0.2, 0) is 6.18 Å². The average molecular weight is 438 g/mol. The van der Waals surface area contributed by atoms with Crippen LogP contribution in [0.15, 0.2) is 30.7 Å². The number of carbonyl (C=O) groups excluding carboxylic acids is 1. The minimum Gasteiger partial charge on any atom is -0.347 e. The zero-order valence-electron chi connectivity index (χ0n) is 18.2. The van der Waals surface area contributed by atoms with Gasteiger partial charge in [-0.05, 0) is 43.4 Å². The van der Waals surface area contributed by atoms with Gasteiger partial charge in [0.1, 0.15) is 0 Å². The maximum absolute atomic E-state index is 13.5. The van der Waals surface area contributed by atoms with Gasteiger partial charge in [-0.25, -0.2) is 9.78 Å². The third-order valence-corrected chi connectivity index (χ3v) is 5.94. The van der Waals surface area contributed by atoms with Crippen LogP contribution in [-0.4, -0.2) is 58.5 Å². The van der Waals surface area contributed by atoms with Gasteiger partial charge in [0.2, 0.25) is 0 Å². The van der Waals surface area contributed by atoms with Crippen molar-refractivity contribution in [2.45, 2.75) is 51.4 Å². The van der Waals surface area contributed by atoms with E-state index in [1.807, 2.05) is 11.8 Å². The number of piperidine rings is 1. The van der Waals surface area contributed by atoms with Crippen LogP contribution in [0, 0.1) is 6.92 Å². The lowest BCUT2D eigenvalue weighted by molar-refractivity contribution is -0.138. The topological polar surface area (TPSA) is 64.3 Å². The quantitative estimate of drug-likeness (QED) is 0.707. The fraction of sp³-hybridized carbons (Fsp3) is 0.545. The first kappa shape index (κ1) is 23.1. The number of nitrogens with zero attached hydrogens (tertiary/aromatic N) is 3. The smallest absolute Gasteiger partial charge is 0.347 e. The molecular formula is C22H30F3N5O. The number of hydrogen-bond donors (Lipinski definition) is 2. The number of aromatic nitrogens is 2. The molecule has 2 amide bonds. The summed E-state index contributed by atoms with van der Waals surface area (Å²) in [5.41, 5.74) is 0.932. The Morgan fingerprint density at radius 2 is 2.06 bits per heavy atom. The van der Waals surface area contributed by atoms with E-state index in [-0.39, 0.29) is 23.7 Å². The maximum Gasteiger partial charge on any atom is 0.416 e. The zero-order chi connectivity index (χ0) is 22.6. The van der Waals surface area contributed by atoms with Crippen LogP contribution in [0.1, 0.15) is 54.6 Å². The minimum atomic E-state index is -4.40. The van der Waals surface area contributed by atoms with Crippen LogP contribution in [0.3, 0.4) is 0 Å². The van der Waals surface area contributed by atoms with E-state index < -0.39 is 11.7 Å². The van der Waals surface area contributed by atoms with Gasteiger partial charge in [0.15, 0.2) is 0 Å². The predicted octanol–water partition coefficient (Wildman–Crippen LogP) is 4.34. The Kier molecular flexibility index (Phi) is 7.25. The summed E-state index contributed by atoms with van der Waals surface area (Å²) in [7, 11) is 1.63. The molecule has 2 N–H and O–H groups in total. The van der Waals surface area contributed by atoms with Gasteiger partial charge >= 0.3 is 12.2 Å². The first-order valence-electron chi connectivity index (χ1n) is 10.6. The number of halogens is 3. The summed E-state index contributed by atoms with van der Waals surface area (Å²) in [6.45, 7) is 5.53. The molecule has 2 heterocycles. The molecule has 0 aliphatic carbocycles. The van der Waals surface area contributed by atoms with E-state index >= 15 is 0 Å². The Bertz CT molecular complexity index is 861. The number of carbonyl (C=O) groups is 1. The van der Waals surface area contributed by atoms with Crippen LogP contribution in [0.25, 0.3) is 0 Å². The van der Waals surface area contributed by atoms with E-state index in [0.29, 0.717) is 25.2 Å². The standard InChI is InChI=1S/C22H30F3N5O/c1-4-9-30(21(31)26-3)17-7-10-29(11-8-17)20(19-13-27-14-28-19)16-6-5-15(2)18(12-16)22(23,24)25/h5-6,12-14,17,20H,4,7-11H2,1-3H3,(H,26,31)(H,27,28). The van der Waals surface area contributed by atoms with Crippen LogP contribution in [0.5, 0.6) is 0 Å². The van der Waals surface area contributed by atoms with Gasteiger partial charge in [-0.15, -0.1) is 0 Å². The van der Waals surface area contributed by atoms with Gasteiger partial charge in [-0.3, -0.25) is 4.90 Å². The lowest BCUT2D eigenvalue weighted by atomic mass is 9.94. The van der Waals surface area contributed by atoms with Crippen molar-refractivity contribution < 1.29 is 18.0 Å². The van der Waals surface area contributed by atoms with Crippen LogP contribution < -0.4 is 5.32 Å². The first-order chi connectivity index (χ1) is 14.8. The molecule has 2 aromatic rings. The predicted molar refractivity (Wildman–Crippen MR) is 113 cm³/mol. The molecule has 1 fully saturated rings. The number of alkyl halides is 3.